The highest BCUT2D eigenvalue weighted by Gasteiger charge is 2.09. The van der Waals surface area contributed by atoms with Crippen molar-refractivity contribution in [1.82, 2.24) is 0 Å². The van der Waals surface area contributed by atoms with Gasteiger partial charge >= 0.3 is 0 Å². The maximum absolute atomic E-state index is 12.8. The van der Waals surface area contributed by atoms with Crippen molar-refractivity contribution in [3.05, 3.63) is 139 Å². The first-order valence-corrected chi connectivity index (χ1v) is 15.1. The molecule has 220 valence electrons. The Morgan fingerprint density at radius 3 is 1.61 bits per heavy atom. The van der Waals surface area contributed by atoms with Crippen LogP contribution in [0.2, 0.25) is 0 Å². The number of benzene rings is 3. The minimum Gasteiger partial charge on any atom is -0.323 e. The van der Waals surface area contributed by atoms with Crippen molar-refractivity contribution in [2.75, 3.05) is 10.6 Å². The topological polar surface area (TPSA) is 66.0 Å². The van der Waals surface area contributed by atoms with Gasteiger partial charge in [0.05, 0.1) is 0 Å². The zero-order chi connectivity index (χ0) is 30.7. The fourth-order valence-corrected chi connectivity index (χ4v) is 4.98. The first kappa shape index (κ1) is 30.1. The fourth-order valence-electron chi connectivity index (χ4n) is 4.98. The second-order valence-electron chi connectivity index (χ2n) is 10.7. The first-order chi connectivity index (χ1) is 21.5. The second kappa shape index (κ2) is 14.7. The molecular weight excluding hydrogens is 544 g/mol. The molecule has 5 rings (SSSR count). The molecule has 6 heteroatoms. The minimum absolute atomic E-state index is 0.189. The molecule has 2 amide bonds. The van der Waals surface area contributed by atoms with Gasteiger partial charge in [-0.25, -0.2) is 9.13 Å². The lowest BCUT2D eigenvalue weighted by Crippen LogP contribution is -2.32. The lowest BCUT2D eigenvalue weighted by molar-refractivity contribution is -0.696. The van der Waals surface area contributed by atoms with Crippen molar-refractivity contribution < 1.29 is 18.7 Å². The molecule has 0 spiro atoms. The van der Waals surface area contributed by atoms with E-state index >= 15 is 0 Å². The Balaban J connectivity index is 1.13. The highest BCUT2D eigenvalue weighted by Crippen LogP contribution is 2.22. The predicted molar refractivity (Wildman–Crippen MR) is 177 cm³/mol. The zero-order valence-electron chi connectivity index (χ0n) is 25.2. The summed E-state index contributed by atoms with van der Waals surface area (Å²) in [6.07, 6.45) is 13.8. The summed E-state index contributed by atoms with van der Waals surface area (Å²) in [6, 6.07) is 31.1. The highest BCUT2D eigenvalue weighted by atomic mass is 16.2. The Labute approximate surface area is 259 Å². The van der Waals surface area contributed by atoms with Gasteiger partial charge in [-0.15, -0.1) is 0 Å². The summed E-state index contributed by atoms with van der Waals surface area (Å²) >= 11 is 0. The van der Waals surface area contributed by atoms with E-state index in [4.69, 9.17) is 0 Å². The van der Waals surface area contributed by atoms with Gasteiger partial charge in [-0.05, 0) is 71.3 Å². The second-order valence-corrected chi connectivity index (χ2v) is 10.7. The van der Waals surface area contributed by atoms with E-state index in [-0.39, 0.29) is 11.8 Å². The monoisotopic (exact) mass is 582 g/mol. The number of aromatic nitrogens is 2. The zero-order valence-corrected chi connectivity index (χ0v) is 25.2. The third kappa shape index (κ3) is 8.13. The van der Waals surface area contributed by atoms with Gasteiger partial charge in [0, 0.05) is 59.1 Å². The number of carbonyl (C=O) groups excluding carboxylic acids is 2. The number of anilines is 2. The highest BCUT2D eigenvalue weighted by molar-refractivity contribution is 6.05. The average molecular weight is 583 g/mol. The number of pyridine rings is 2. The third-order valence-electron chi connectivity index (χ3n) is 7.24. The Kier molecular flexibility index (Phi) is 10.1. The lowest BCUT2D eigenvalue weighted by Gasteiger charge is -2.07. The van der Waals surface area contributed by atoms with Crippen molar-refractivity contribution in [2.45, 2.75) is 39.8 Å². The standard InChI is InChI=1S/C38H36N4O2/c1-3-23-41-25-5-7-33(27-41)30-14-18-35(19-15-30)39-37(43)22-11-29-9-12-32(13-10-29)38(44)40-36-20-16-31(17-21-36)34-8-6-26-42(28-34)24-4-2/h5-22,25-28H,3-4,23-24H2,1-2H3/p+2. The van der Waals surface area contributed by atoms with Gasteiger partial charge in [-0.2, -0.15) is 0 Å². The molecule has 2 heterocycles. The fraction of sp³-hybridized carbons (Fsp3) is 0.158. The summed E-state index contributed by atoms with van der Waals surface area (Å²) in [5.41, 5.74) is 7.28. The van der Waals surface area contributed by atoms with Crippen molar-refractivity contribution in [3.8, 4) is 22.3 Å². The van der Waals surface area contributed by atoms with Gasteiger partial charge in [-0.3, -0.25) is 9.59 Å². The van der Waals surface area contributed by atoms with Crippen molar-refractivity contribution >= 4 is 29.3 Å². The van der Waals surface area contributed by atoms with Crippen LogP contribution in [0.4, 0.5) is 11.4 Å². The summed E-state index contributed by atoms with van der Waals surface area (Å²) < 4.78 is 4.36. The molecule has 3 aromatic carbocycles. The van der Waals surface area contributed by atoms with Crippen LogP contribution in [0.1, 0.15) is 42.6 Å². The first-order valence-electron chi connectivity index (χ1n) is 15.1. The van der Waals surface area contributed by atoms with Gasteiger partial charge in [0.1, 0.15) is 13.1 Å². The van der Waals surface area contributed by atoms with Crippen LogP contribution in [0.3, 0.4) is 0 Å². The molecule has 6 nitrogen and oxygen atoms in total. The number of hydrogen-bond donors (Lipinski definition) is 2. The van der Waals surface area contributed by atoms with Crippen LogP contribution in [0, 0.1) is 0 Å². The number of amides is 2. The molecule has 2 N–H and O–H groups in total. The van der Waals surface area contributed by atoms with Crippen LogP contribution in [-0.2, 0) is 17.9 Å². The Morgan fingerprint density at radius 2 is 1.11 bits per heavy atom. The molecule has 0 aliphatic rings. The SMILES string of the molecule is CCC[n+]1cccc(-c2ccc(NC(=O)C=Cc3ccc(C(=O)Nc4ccc(-c5ccc[n+](CCC)c5)cc4)cc3)cc2)c1. The molecule has 5 aromatic rings. The van der Waals surface area contributed by atoms with E-state index < -0.39 is 0 Å². The summed E-state index contributed by atoms with van der Waals surface area (Å²) in [5, 5.41) is 5.87. The Bertz CT molecular complexity index is 1740. The maximum Gasteiger partial charge on any atom is 0.255 e. The van der Waals surface area contributed by atoms with Crippen LogP contribution in [0.25, 0.3) is 28.3 Å². The third-order valence-corrected chi connectivity index (χ3v) is 7.24. The van der Waals surface area contributed by atoms with Gasteiger partial charge in [0.25, 0.3) is 5.91 Å². The van der Waals surface area contributed by atoms with E-state index in [2.05, 4.69) is 82.7 Å². The van der Waals surface area contributed by atoms with E-state index in [9.17, 15) is 9.59 Å². The van der Waals surface area contributed by atoms with Crippen LogP contribution in [0.15, 0.2) is 128 Å². The largest absolute Gasteiger partial charge is 0.323 e. The molecule has 0 saturated heterocycles. The number of rotatable bonds is 11. The van der Waals surface area contributed by atoms with Crippen molar-refractivity contribution in [2.24, 2.45) is 0 Å². The van der Waals surface area contributed by atoms with Crippen molar-refractivity contribution in [1.29, 1.82) is 0 Å². The Hall–Kier alpha value is -5.36. The summed E-state index contributed by atoms with van der Waals surface area (Å²) in [7, 11) is 0. The molecule has 2 aromatic heterocycles. The number of nitrogens with one attached hydrogen (secondary N) is 2. The van der Waals surface area contributed by atoms with Gasteiger partial charge in [-0.1, -0.05) is 50.2 Å². The van der Waals surface area contributed by atoms with Gasteiger partial charge in [0.15, 0.2) is 24.8 Å². The number of hydrogen-bond acceptors (Lipinski definition) is 2. The summed E-state index contributed by atoms with van der Waals surface area (Å²) in [5.74, 6) is -0.412. The molecule has 0 atom stereocenters. The smallest absolute Gasteiger partial charge is 0.255 e. The molecule has 0 unspecified atom stereocenters. The Morgan fingerprint density at radius 1 is 0.614 bits per heavy atom. The molecule has 0 aliphatic heterocycles. The van der Waals surface area contributed by atoms with Crippen LogP contribution in [-0.4, -0.2) is 11.8 Å². The molecular formula is C38H38N4O2+2. The average Bonchev–Trinajstić information content (AvgIpc) is 3.05. The number of aryl methyl sites for hydroxylation is 2. The van der Waals surface area contributed by atoms with E-state index in [1.807, 2.05) is 60.7 Å². The van der Waals surface area contributed by atoms with Crippen molar-refractivity contribution in [3.63, 3.8) is 0 Å². The number of carbonyl (C=O) groups is 2. The lowest BCUT2D eigenvalue weighted by atomic mass is 10.1. The van der Waals surface area contributed by atoms with E-state index in [1.54, 1.807) is 18.2 Å². The summed E-state index contributed by atoms with van der Waals surface area (Å²) in [6.45, 7) is 6.28. The molecule has 0 bridgehead atoms. The molecule has 0 aliphatic carbocycles. The quantitative estimate of drug-likeness (QED) is 0.127. The maximum atomic E-state index is 12.8. The van der Waals surface area contributed by atoms with Gasteiger partial charge in [0.2, 0.25) is 5.91 Å². The predicted octanol–water partition coefficient (Wildman–Crippen LogP) is 7.32. The normalized spacial score (nSPS) is 11.0. The van der Waals surface area contributed by atoms with Crippen LogP contribution >= 0.6 is 0 Å². The molecule has 0 saturated carbocycles. The summed E-state index contributed by atoms with van der Waals surface area (Å²) in [4.78, 5) is 25.4. The van der Waals surface area contributed by atoms with Crippen LogP contribution < -0.4 is 19.8 Å². The van der Waals surface area contributed by atoms with E-state index in [0.29, 0.717) is 5.56 Å². The van der Waals surface area contributed by atoms with Gasteiger partial charge < -0.3 is 10.6 Å². The number of nitrogens with zero attached hydrogens (tertiary/aromatic N) is 2. The van der Waals surface area contributed by atoms with E-state index in [1.165, 1.54) is 6.08 Å². The molecule has 0 fully saturated rings. The molecule has 0 radical (unpaired) electrons. The molecule has 44 heavy (non-hydrogen) atoms. The van der Waals surface area contributed by atoms with Crippen LogP contribution in [0.5, 0.6) is 0 Å². The minimum atomic E-state index is -0.223. The van der Waals surface area contributed by atoms with E-state index in [0.717, 1.165) is 65.1 Å².